The number of carboxylic acids is 1. The maximum atomic E-state index is 13.6. The highest BCUT2D eigenvalue weighted by molar-refractivity contribution is 5.88. The van der Waals surface area contributed by atoms with Crippen molar-refractivity contribution in [3.63, 3.8) is 0 Å². The largest absolute Gasteiger partial charge is 0.478 e. The van der Waals surface area contributed by atoms with Gasteiger partial charge in [0.1, 0.15) is 5.76 Å². The molecule has 1 aromatic carbocycles. The Balaban J connectivity index is 2.17. The number of aromatic carboxylic acids is 1. The van der Waals surface area contributed by atoms with E-state index in [9.17, 15) is 13.6 Å². The summed E-state index contributed by atoms with van der Waals surface area (Å²) >= 11 is 0. The molecule has 2 aromatic rings. The topological polar surface area (TPSA) is 75.4 Å². The number of hydrogen-bond acceptors (Lipinski definition) is 4. The molecule has 0 saturated carbocycles. The molecule has 0 aliphatic rings. The van der Waals surface area contributed by atoms with Crippen LogP contribution in [-0.4, -0.2) is 16.1 Å². The van der Waals surface area contributed by atoms with E-state index >= 15 is 0 Å². The number of nitrogens with zero attached hydrogens (tertiary/aromatic N) is 1. The Labute approximate surface area is 106 Å². The number of oxazole rings is 1. The van der Waals surface area contributed by atoms with Crippen molar-refractivity contribution < 1.29 is 23.1 Å². The van der Waals surface area contributed by atoms with E-state index in [2.05, 4.69) is 10.3 Å². The Kier molecular flexibility index (Phi) is 3.46. The van der Waals surface area contributed by atoms with Crippen LogP contribution in [0, 0.1) is 18.6 Å². The lowest BCUT2D eigenvalue weighted by Gasteiger charge is -2.07. The summed E-state index contributed by atoms with van der Waals surface area (Å²) in [6.07, 6.45) is 1.50. The van der Waals surface area contributed by atoms with E-state index < -0.39 is 23.2 Å². The maximum Gasteiger partial charge on any atom is 0.338 e. The Morgan fingerprint density at radius 3 is 2.74 bits per heavy atom. The number of carbonyl (C=O) groups is 1. The van der Waals surface area contributed by atoms with E-state index in [1.54, 1.807) is 6.92 Å². The number of aromatic nitrogens is 1. The third kappa shape index (κ3) is 2.70. The molecule has 2 N–H and O–H groups in total. The number of carboxylic acid groups (broad SMARTS) is 1. The van der Waals surface area contributed by atoms with Gasteiger partial charge in [-0.25, -0.2) is 18.6 Å². The standard InChI is InChI=1S/C12H10F2N2O3/c1-6-4-16-9(19-6)5-15-8-3-2-7(12(17)18)10(13)11(8)14/h2-4,15H,5H2,1H3,(H,17,18). The Hall–Kier alpha value is -2.44. The summed E-state index contributed by atoms with van der Waals surface area (Å²) in [4.78, 5) is 14.5. The predicted octanol–water partition coefficient (Wildman–Crippen LogP) is 2.57. The fourth-order valence-electron chi connectivity index (χ4n) is 1.51. The number of anilines is 1. The van der Waals surface area contributed by atoms with Crippen molar-refractivity contribution in [3.05, 3.63) is 47.2 Å². The van der Waals surface area contributed by atoms with Gasteiger partial charge in [0.05, 0.1) is 24.0 Å². The lowest BCUT2D eigenvalue weighted by Crippen LogP contribution is -2.07. The van der Waals surface area contributed by atoms with Crippen molar-refractivity contribution in [2.24, 2.45) is 0 Å². The highest BCUT2D eigenvalue weighted by Crippen LogP contribution is 2.21. The van der Waals surface area contributed by atoms with Gasteiger partial charge in [-0.15, -0.1) is 0 Å². The average molecular weight is 268 g/mol. The van der Waals surface area contributed by atoms with E-state index in [1.165, 1.54) is 6.20 Å². The van der Waals surface area contributed by atoms with Crippen molar-refractivity contribution in [3.8, 4) is 0 Å². The van der Waals surface area contributed by atoms with Crippen LogP contribution in [0.5, 0.6) is 0 Å². The number of nitrogens with one attached hydrogen (secondary N) is 1. The molecule has 0 atom stereocenters. The van der Waals surface area contributed by atoms with Crippen LogP contribution in [0.4, 0.5) is 14.5 Å². The van der Waals surface area contributed by atoms with E-state index in [4.69, 9.17) is 9.52 Å². The molecule has 5 nitrogen and oxygen atoms in total. The first kappa shape index (κ1) is 13.0. The number of hydrogen-bond donors (Lipinski definition) is 2. The second-order valence-electron chi connectivity index (χ2n) is 3.81. The van der Waals surface area contributed by atoms with Crippen LogP contribution in [0.25, 0.3) is 0 Å². The molecule has 0 saturated heterocycles. The molecule has 0 fully saturated rings. The molecular formula is C12H10F2N2O3. The van der Waals surface area contributed by atoms with Crippen molar-refractivity contribution >= 4 is 11.7 Å². The van der Waals surface area contributed by atoms with Crippen LogP contribution in [0.15, 0.2) is 22.7 Å². The van der Waals surface area contributed by atoms with Crippen LogP contribution >= 0.6 is 0 Å². The molecule has 0 aliphatic carbocycles. The first-order valence-electron chi connectivity index (χ1n) is 5.35. The lowest BCUT2D eigenvalue weighted by molar-refractivity contribution is 0.0690. The molecule has 19 heavy (non-hydrogen) atoms. The number of rotatable bonds is 4. The number of benzene rings is 1. The van der Waals surface area contributed by atoms with Gasteiger partial charge < -0.3 is 14.8 Å². The van der Waals surface area contributed by atoms with Crippen LogP contribution in [0.2, 0.25) is 0 Å². The SMILES string of the molecule is Cc1cnc(CNc2ccc(C(=O)O)c(F)c2F)o1. The molecule has 2 rings (SSSR count). The molecule has 100 valence electrons. The van der Waals surface area contributed by atoms with Crippen LogP contribution < -0.4 is 5.32 Å². The zero-order valence-electron chi connectivity index (χ0n) is 9.91. The zero-order valence-corrected chi connectivity index (χ0v) is 9.91. The molecule has 0 spiro atoms. The van der Waals surface area contributed by atoms with Crippen molar-refractivity contribution in [1.29, 1.82) is 0 Å². The van der Waals surface area contributed by atoms with E-state index in [0.717, 1.165) is 12.1 Å². The molecule has 0 radical (unpaired) electrons. The molecule has 0 bridgehead atoms. The fraction of sp³-hybridized carbons (Fsp3) is 0.167. The highest BCUT2D eigenvalue weighted by atomic mass is 19.2. The normalized spacial score (nSPS) is 10.5. The van der Waals surface area contributed by atoms with Gasteiger partial charge in [0, 0.05) is 0 Å². The molecule has 1 heterocycles. The Morgan fingerprint density at radius 2 is 2.16 bits per heavy atom. The molecule has 0 aliphatic heterocycles. The summed E-state index contributed by atoms with van der Waals surface area (Å²) in [5.74, 6) is -3.25. The zero-order chi connectivity index (χ0) is 14.0. The van der Waals surface area contributed by atoms with Gasteiger partial charge in [-0.2, -0.15) is 0 Å². The molecule has 0 amide bonds. The summed E-state index contributed by atoms with van der Waals surface area (Å²) in [5.41, 5.74) is -0.867. The van der Waals surface area contributed by atoms with Crippen molar-refractivity contribution in [1.82, 2.24) is 4.98 Å². The summed E-state index contributed by atoms with van der Waals surface area (Å²) in [6, 6.07) is 2.14. The minimum absolute atomic E-state index is 0.0661. The van der Waals surface area contributed by atoms with Gasteiger partial charge in [0.25, 0.3) is 0 Å². The smallest absolute Gasteiger partial charge is 0.338 e. The third-order valence-corrected chi connectivity index (χ3v) is 2.41. The second kappa shape index (κ2) is 5.05. The second-order valence-corrected chi connectivity index (χ2v) is 3.81. The minimum atomic E-state index is -1.52. The van der Waals surface area contributed by atoms with Crippen LogP contribution in [0.1, 0.15) is 22.0 Å². The lowest BCUT2D eigenvalue weighted by atomic mass is 10.2. The van der Waals surface area contributed by atoms with Gasteiger partial charge in [-0.1, -0.05) is 0 Å². The summed E-state index contributed by atoms with van der Waals surface area (Å²) in [5, 5.41) is 11.2. The summed E-state index contributed by atoms with van der Waals surface area (Å²) in [6.45, 7) is 1.77. The third-order valence-electron chi connectivity index (χ3n) is 2.41. The molecule has 1 aromatic heterocycles. The van der Waals surface area contributed by atoms with Crippen LogP contribution in [0.3, 0.4) is 0 Å². The van der Waals surface area contributed by atoms with E-state index in [0.29, 0.717) is 11.7 Å². The number of aryl methyl sites for hydroxylation is 1. The predicted molar refractivity (Wildman–Crippen MR) is 61.9 cm³/mol. The average Bonchev–Trinajstić information content (AvgIpc) is 2.76. The van der Waals surface area contributed by atoms with Gasteiger partial charge in [-0.3, -0.25) is 0 Å². The van der Waals surface area contributed by atoms with E-state index in [1.807, 2.05) is 0 Å². The van der Waals surface area contributed by atoms with Gasteiger partial charge in [0.15, 0.2) is 11.6 Å². The monoisotopic (exact) mass is 268 g/mol. The quantitative estimate of drug-likeness (QED) is 0.891. The number of halogens is 2. The molecule has 7 heteroatoms. The van der Waals surface area contributed by atoms with Gasteiger partial charge in [-0.05, 0) is 19.1 Å². The maximum absolute atomic E-state index is 13.6. The first-order chi connectivity index (χ1) is 8.99. The molecule has 0 unspecified atom stereocenters. The van der Waals surface area contributed by atoms with E-state index in [-0.39, 0.29) is 12.2 Å². The van der Waals surface area contributed by atoms with Crippen molar-refractivity contribution in [2.45, 2.75) is 13.5 Å². The summed E-state index contributed by atoms with van der Waals surface area (Å²) in [7, 11) is 0. The van der Waals surface area contributed by atoms with Gasteiger partial charge >= 0.3 is 5.97 Å². The molecular weight excluding hydrogens is 258 g/mol. The Bertz CT molecular complexity index is 625. The van der Waals surface area contributed by atoms with Crippen molar-refractivity contribution in [2.75, 3.05) is 5.32 Å². The minimum Gasteiger partial charge on any atom is -0.478 e. The van der Waals surface area contributed by atoms with Crippen LogP contribution in [-0.2, 0) is 6.54 Å². The van der Waals surface area contributed by atoms with Gasteiger partial charge in [0.2, 0.25) is 5.89 Å². The Morgan fingerprint density at radius 1 is 1.42 bits per heavy atom. The first-order valence-corrected chi connectivity index (χ1v) is 5.35. The highest BCUT2D eigenvalue weighted by Gasteiger charge is 2.18. The summed E-state index contributed by atoms with van der Waals surface area (Å²) < 4.78 is 32.1. The fourth-order valence-corrected chi connectivity index (χ4v) is 1.51.